The lowest BCUT2D eigenvalue weighted by Crippen LogP contribution is -2.01. The lowest BCUT2D eigenvalue weighted by atomic mass is 10.4. The van der Waals surface area contributed by atoms with Gasteiger partial charge in [-0.05, 0) is 0 Å². The SMILES string of the molecule is C[SiH](C)CCCC[SiH](C)C. The molecular weight excluding hydrogens is 152 g/mol. The largest absolute Gasteiger partial charge is 0.0722 e. The molecule has 0 aromatic heterocycles. The van der Waals surface area contributed by atoms with E-state index in [0.717, 1.165) is 0 Å². The van der Waals surface area contributed by atoms with E-state index in [1.54, 1.807) is 12.1 Å². The standard InChI is InChI=1S/C8H22Si2/c1-9(2)7-5-6-8-10(3)4/h9-10H,5-8H2,1-4H3. The van der Waals surface area contributed by atoms with Gasteiger partial charge in [-0.25, -0.2) is 0 Å². The molecule has 0 nitrogen and oxygen atoms in total. The van der Waals surface area contributed by atoms with Crippen molar-refractivity contribution in [1.82, 2.24) is 0 Å². The first-order chi connectivity index (χ1) is 4.63. The van der Waals surface area contributed by atoms with Gasteiger partial charge in [0.25, 0.3) is 0 Å². The molecule has 0 rings (SSSR count). The Balaban J connectivity index is 2.91. The molecule has 2 heteroatoms. The van der Waals surface area contributed by atoms with Crippen molar-refractivity contribution in [3.8, 4) is 0 Å². The van der Waals surface area contributed by atoms with Crippen molar-refractivity contribution in [2.45, 2.75) is 51.1 Å². The number of hydrogen-bond acceptors (Lipinski definition) is 0. The Morgan fingerprint density at radius 3 is 1.20 bits per heavy atom. The molecule has 0 heterocycles. The zero-order valence-corrected chi connectivity index (χ0v) is 10.3. The molecule has 0 saturated heterocycles. The van der Waals surface area contributed by atoms with Gasteiger partial charge < -0.3 is 0 Å². The van der Waals surface area contributed by atoms with Crippen LogP contribution in [-0.4, -0.2) is 17.6 Å². The molecule has 0 aromatic rings. The van der Waals surface area contributed by atoms with Gasteiger partial charge in [0, 0.05) is 17.6 Å². The maximum Gasteiger partial charge on any atom is 0.0305 e. The van der Waals surface area contributed by atoms with Crippen LogP contribution in [0.25, 0.3) is 0 Å². The second-order valence-corrected chi connectivity index (χ2v) is 10.8. The fourth-order valence-corrected chi connectivity index (χ4v) is 3.32. The molecule has 0 fully saturated rings. The number of rotatable bonds is 5. The van der Waals surface area contributed by atoms with Crippen LogP contribution < -0.4 is 0 Å². The van der Waals surface area contributed by atoms with Crippen LogP contribution in [-0.2, 0) is 0 Å². The van der Waals surface area contributed by atoms with Gasteiger partial charge in [0.15, 0.2) is 0 Å². The van der Waals surface area contributed by atoms with E-state index in [-0.39, 0.29) is 17.6 Å². The molecule has 0 spiro atoms. The van der Waals surface area contributed by atoms with Crippen molar-refractivity contribution in [2.24, 2.45) is 0 Å². The predicted octanol–water partition coefficient (Wildman–Crippen LogP) is 2.74. The molecule has 0 atom stereocenters. The van der Waals surface area contributed by atoms with Crippen LogP contribution >= 0.6 is 0 Å². The monoisotopic (exact) mass is 174 g/mol. The molecule has 62 valence electrons. The molecule has 0 radical (unpaired) electrons. The normalized spacial score (nSPS) is 11.4. The second kappa shape index (κ2) is 6.16. The third kappa shape index (κ3) is 8.43. The Bertz CT molecular complexity index is 59.7. The van der Waals surface area contributed by atoms with Gasteiger partial charge in [0.05, 0.1) is 0 Å². The Kier molecular flexibility index (Phi) is 6.43. The summed E-state index contributed by atoms with van der Waals surface area (Å²) in [6.45, 7) is 9.80. The van der Waals surface area contributed by atoms with Gasteiger partial charge in [0.1, 0.15) is 0 Å². The molecule has 0 N–H and O–H groups in total. The maximum absolute atomic E-state index is 2.45. The molecule has 0 saturated carbocycles. The van der Waals surface area contributed by atoms with Crippen LogP contribution in [0.3, 0.4) is 0 Å². The second-order valence-electron chi connectivity index (χ2n) is 4.07. The minimum Gasteiger partial charge on any atom is -0.0722 e. The number of unbranched alkanes of at least 4 members (excludes halogenated alkanes) is 1. The smallest absolute Gasteiger partial charge is 0.0305 e. The molecular formula is C8H22Si2. The van der Waals surface area contributed by atoms with Crippen molar-refractivity contribution in [3.63, 3.8) is 0 Å². The molecule has 0 aliphatic rings. The van der Waals surface area contributed by atoms with E-state index in [4.69, 9.17) is 0 Å². The molecule has 0 aliphatic carbocycles. The Hall–Kier alpha value is 0.434. The van der Waals surface area contributed by atoms with Gasteiger partial charge in [-0.3, -0.25) is 0 Å². The van der Waals surface area contributed by atoms with Crippen LogP contribution in [0.4, 0.5) is 0 Å². The van der Waals surface area contributed by atoms with Gasteiger partial charge in [0.2, 0.25) is 0 Å². The van der Waals surface area contributed by atoms with Gasteiger partial charge >= 0.3 is 0 Å². The van der Waals surface area contributed by atoms with E-state index < -0.39 is 0 Å². The summed E-state index contributed by atoms with van der Waals surface area (Å²) in [5.74, 6) is 0. The van der Waals surface area contributed by atoms with Gasteiger partial charge in [-0.1, -0.05) is 51.1 Å². The Morgan fingerprint density at radius 2 is 1.00 bits per heavy atom. The topological polar surface area (TPSA) is 0 Å². The van der Waals surface area contributed by atoms with Crippen molar-refractivity contribution in [3.05, 3.63) is 0 Å². The first-order valence-corrected chi connectivity index (χ1v) is 10.9. The van der Waals surface area contributed by atoms with Gasteiger partial charge in [-0.2, -0.15) is 0 Å². The highest BCUT2D eigenvalue weighted by molar-refractivity contribution is 6.56. The van der Waals surface area contributed by atoms with Crippen molar-refractivity contribution < 1.29 is 0 Å². The Labute approximate surface area is 69.2 Å². The first-order valence-electron chi connectivity index (χ1n) is 4.63. The van der Waals surface area contributed by atoms with E-state index >= 15 is 0 Å². The zero-order chi connectivity index (χ0) is 7.98. The third-order valence-electron chi connectivity index (χ3n) is 1.81. The van der Waals surface area contributed by atoms with Crippen LogP contribution in [0.1, 0.15) is 12.8 Å². The molecule has 0 unspecified atom stereocenters. The zero-order valence-electron chi connectivity index (χ0n) is 7.98. The van der Waals surface area contributed by atoms with Crippen molar-refractivity contribution in [2.75, 3.05) is 0 Å². The third-order valence-corrected chi connectivity index (χ3v) is 4.94. The summed E-state index contributed by atoms with van der Waals surface area (Å²) >= 11 is 0. The minimum atomic E-state index is -0.218. The lowest BCUT2D eigenvalue weighted by Gasteiger charge is -2.03. The van der Waals surface area contributed by atoms with E-state index in [0.29, 0.717) is 0 Å². The van der Waals surface area contributed by atoms with E-state index in [1.807, 2.05) is 0 Å². The van der Waals surface area contributed by atoms with E-state index in [1.165, 1.54) is 12.8 Å². The van der Waals surface area contributed by atoms with Crippen LogP contribution in [0.15, 0.2) is 0 Å². The summed E-state index contributed by atoms with van der Waals surface area (Å²) in [6.07, 6.45) is 3.05. The molecule has 0 aliphatic heterocycles. The quantitative estimate of drug-likeness (QED) is 0.444. The van der Waals surface area contributed by atoms with Crippen LogP contribution in [0, 0.1) is 0 Å². The average molecular weight is 174 g/mol. The highest BCUT2D eigenvalue weighted by atomic mass is 28.3. The lowest BCUT2D eigenvalue weighted by molar-refractivity contribution is 0.865. The van der Waals surface area contributed by atoms with E-state index in [9.17, 15) is 0 Å². The van der Waals surface area contributed by atoms with Crippen molar-refractivity contribution in [1.29, 1.82) is 0 Å². The fraction of sp³-hybridized carbons (Fsp3) is 1.00. The highest BCUT2D eigenvalue weighted by Gasteiger charge is 1.97. The summed E-state index contributed by atoms with van der Waals surface area (Å²) < 4.78 is 0. The summed E-state index contributed by atoms with van der Waals surface area (Å²) in [7, 11) is -0.436. The number of hydrogen-bond donors (Lipinski definition) is 0. The summed E-state index contributed by atoms with van der Waals surface area (Å²) in [4.78, 5) is 0. The Morgan fingerprint density at radius 1 is 0.700 bits per heavy atom. The highest BCUT2D eigenvalue weighted by Crippen LogP contribution is 2.06. The fourth-order valence-electron chi connectivity index (χ4n) is 1.11. The molecule has 0 bridgehead atoms. The van der Waals surface area contributed by atoms with Crippen molar-refractivity contribution >= 4 is 17.6 Å². The van der Waals surface area contributed by atoms with Crippen LogP contribution in [0.2, 0.25) is 38.3 Å². The average Bonchev–Trinajstić information content (AvgIpc) is 1.79. The van der Waals surface area contributed by atoms with Gasteiger partial charge in [-0.15, -0.1) is 0 Å². The summed E-state index contributed by atoms with van der Waals surface area (Å²) in [5.41, 5.74) is 0. The summed E-state index contributed by atoms with van der Waals surface area (Å²) in [5, 5.41) is 0. The van der Waals surface area contributed by atoms with Crippen LogP contribution in [0.5, 0.6) is 0 Å². The predicted molar refractivity (Wildman–Crippen MR) is 56.6 cm³/mol. The maximum atomic E-state index is 2.45. The first kappa shape index (κ1) is 10.4. The summed E-state index contributed by atoms with van der Waals surface area (Å²) in [6, 6.07) is 3.14. The molecule has 0 amide bonds. The molecule has 10 heavy (non-hydrogen) atoms. The van der Waals surface area contributed by atoms with E-state index in [2.05, 4.69) is 26.2 Å². The minimum absolute atomic E-state index is 0.218. The molecule has 0 aromatic carbocycles.